The Morgan fingerprint density at radius 1 is 1.17 bits per heavy atom. The van der Waals surface area contributed by atoms with Gasteiger partial charge in [0.25, 0.3) is 0 Å². The topological polar surface area (TPSA) is 75.4 Å². The Bertz CT molecular complexity index is 860. The van der Waals surface area contributed by atoms with Crippen LogP contribution in [-0.4, -0.2) is 63.1 Å². The number of alkyl halides is 3. The summed E-state index contributed by atoms with van der Waals surface area (Å²) in [5.41, 5.74) is 0.343. The lowest BCUT2D eigenvalue weighted by Gasteiger charge is -2.35. The van der Waals surface area contributed by atoms with Crippen LogP contribution < -0.4 is 4.90 Å². The zero-order valence-corrected chi connectivity index (χ0v) is 17.1. The van der Waals surface area contributed by atoms with E-state index in [1.54, 1.807) is 23.9 Å². The van der Waals surface area contributed by atoms with Crippen LogP contribution in [-0.2, 0) is 11.0 Å². The lowest BCUT2D eigenvalue weighted by molar-refractivity contribution is -0.159. The standard InChI is InChI=1S/C19H22F3N5O2S/c20-19(21,22)18-24-17(25-29-18)13-5-6-15(23-11-13)26-7-9-27(10-8-26)16(28)12-30-14-3-1-2-4-14/h5-6,11,14H,1-4,7-10,12H2. The fraction of sp³-hybridized carbons (Fsp3) is 0.579. The van der Waals surface area contributed by atoms with Crippen LogP contribution in [0.5, 0.6) is 0 Å². The van der Waals surface area contributed by atoms with Crippen LogP contribution in [0.1, 0.15) is 31.6 Å². The summed E-state index contributed by atoms with van der Waals surface area (Å²) in [4.78, 5) is 24.1. The molecule has 0 N–H and O–H groups in total. The van der Waals surface area contributed by atoms with E-state index in [1.165, 1.54) is 31.9 Å². The number of hydrogen-bond donors (Lipinski definition) is 0. The van der Waals surface area contributed by atoms with Crippen LogP contribution in [0.3, 0.4) is 0 Å². The minimum atomic E-state index is -4.68. The van der Waals surface area contributed by atoms with Crippen LogP contribution in [0.15, 0.2) is 22.9 Å². The average molecular weight is 441 g/mol. The Labute approximate surface area is 176 Å². The van der Waals surface area contributed by atoms with Crippen molar-refractivity contribution < 1.29 is 22.5 Å². The molecular weight excluding hydrogens is 419 g/mol. The lowest BCUT2D eigenvalue weighted by Crippen LogP contribution is -2.49. The zero-order chi connectivity index (χ0) is 21.1. The number of rotatable bonds is 5. The highest BCUT2D eigenvalue weighted by atomic mass is 32.2. The van der Waals surface area contributed by atoms with E-state index >= 15 is 0 Å². The molecule has 1 amide bonds. The molecule has 2 fully saturated rings. The summed E-state index contributed by atoms with van der Waals surface area (Å²) in [6, 6.07) is 3.33. The SMILES string of the molecule is O=C(CSC1CCCC1)N1CCN(c2ccc(-c3noc(C(F)(F)F)n3)cn2)CC1. The van der Waals surface area contributed by atoms with Crippen LogP contribution in [0.2, 0.25) is 0 Å². The normalized spacial score (nSPS) is 18.2. The highest BCUT2D eigenvalue weighted by molar-refractivity contribution is 8.00. The average Bonchev–Trinajstić information content (AvgIpc) is 3.44. The number of halogens is 3. The van der Waals surface area contributed by atoms with Crippen molar-refractivity contribution in [3.63, 3.8) is 0 Å². The first-order valence-corrected chi connectivity index (χ1v) is 11.0. The number of pyridine rings is 1. The Kier molecular flexibility index (Phi) is 6.16. The summed E-state index contributed by atoms with van der Waals surface area (Å²) in [5, 5.41) is 3.99. The Hall–Kier alpha value is -2.30. The summed E-state index contributed by atoms with van der Waals surface area (Å²) >= 11 is 1.78. The number of nitrogens with zero attached hydrogens (tertiary/aromatic N) is 5. The number of amides is 1. The van der Waals surface area contributed by atoms with Gasteiger partial charge in [0, 0.05) is 43.2 Å². The maximum atomic E-state index is 12.6. The van der Waals surface area contributed by atoms with E-state index in [4.69, 9.17) is 0 Å². The van der Waals surface area contributed by atoms with Gasteiger partial charge in [-0.15, -0.1) is 11.8 Å². The van der Waals surface area contributed by atoms with Crippen LogP contribution in [0, 0.1) is 0 Å². The molecule has 162 valence electrons. The van der Waals surface area contributed by atoms with Gasteiger partial charge < -0.3 is 14.3 Å². The molecule has 0 spiro atoms. The molecular formula is C19H22F3N5O2S. The fourth-order valence-corrected chi connectivity index (χ4v) is 4.91. The monoisotopic (exact) mass is 441 g/mol. The number of carbonyl (C=O) groups excluding carboxylic acids is 1. The maximum absolute atomic E-state index is 12.6. The minimum Gasteiger partial charge on any atom is -0.353 e. The molecule has 11 heteroatoms. The molecule has 3 heterocycles. The van der Waals surface area contributed by atoms with Gasteiger partial charge in [-0.05, 0) is 25.0 Å². The molecule has 2 aliphatic rings. The Morgan fingerprint density at radius 2 is 1.90 bits per heavy atom. The van der Waals surface area contributed by atoms with E-state index in [0.29, 0.717) is 48.6 Å². The summed E-state index contributed by atoms with van der Waals surface area (Å²) in [6.07, 6.45) is 1.73. The molecule has 0 bridgehead atoms. The van der Waals surface area contributed by atoms with E-state index in [0.717, 1.165) is 0 Å². The van der Waals surface area contributed by atoms with Gasteiger partial charge in [0.2, 0.25) is 11.7 Å². The van der Waals surface area contributed by atoms with Gasteiger partial charge in [-0.2, -0.15) is 18.2 Å². The molecule has 2 aromatic heterocycles. The molecule has 4 rings (SSSR count). The maximum Gasteiger partial charge on any atom is 0.471 e. The third kappa shape index (κ3) is 4.88. The van der Waals surface area contributed by atoms with Crippen molar-refractivity contribution in [1.29, 1.82) is 0 Å². The number of hydrogen-bond acceptors (Lipinski definition) is 7. The third-order valence-electron chi connectivity index (χ3n) is 5.38. The van der Waals surface area contributed by atoms with Gasteiger partial charge in [-0.1, -0.05) is 18.0 Å². The first-order valence-electron chi connectivity index (χ1n) is 9.92. The molecule has 30 heavy (non-hydrogen) atoms. The predicted octanol–water partition coefficient (Wildman–Crippen LogP) is 3.47. The smallest absolute Gasteiger partial charge is 0.353 e. The second-order valence-corrected chi connectivity index (χ2v) is 8.70. The van der Waals surface area contributed by atoms with Crippen molar-refractivity contribution in [2.75, 3.05) is 36.8 Å². The molecule has 0 atom stereocenters. The molecule has 1 aliphatic heterocycles. The second kappa shape index (κ2) is 8.83. The van der Waals surface area contributed by atoms with E-state index in [2.05, 4.69) is 24.5 Å². The van der Waals surface area contributed by atoms with Crippen LogP contribution in [0.25, 0.3) is 11.4 Å². The van der Waals surface area contributed by atoms with Gasteiger partial charge in [0.1, 0.15) is 5.82 Å². The van der Waals surface area contributed by atoms with E-state index in [-0.39, 0.29) is 11.7 Å². The Morgan fingerprint density at radius 3 is 2.50 bits per heavy atom. The van der Waals surface area contributed by atoms with Crippen molar-refractivity contribution in [1.82, 2.24) is 20.0 Å². The van der Waals surface area contributed by atoms with E-state index < -0.39 is 12.1 Å². The molecule has 2 aromatic rings. The molecule has 1 aliphatic carbocycles. The van der Waals surface area contributed by atoms with Gasteiger partial charge in [-0.25, -0.2) is 4.98 Å². The fourth-order valence-electron chi connectivity index (χ4n) is 3.68. The lowest BCUT2D eigenvalue weighted by atomic mass is 10.2. The first-order chi connectivity index (χ1) is 14.4. The largest absolute Gasteiger partial charge is 0.471 e. The van der Waals surface area contributed by atoms with E-state index in [9.17, 15) is 18.0 Å². The van der Waals surface area contributed by atoms with Gasteiger partial charge >= 0.3 is 12.1 Å². The molecule has 1 saturated heterocycles. The predicted molar refractivity (Wildman–Crippen MR) is 106 cm³/mol. The highest BCUT2D eigenvalue weighted by Gasteiger charge is 2.38. The quantitative estimate of drug-likeness (QED) is 0.703. The third-order valence-corrected chi connectivity index (χ3v) is 6.73. The summed E-state index contributed by atoms with van der Waals surface area (Å²) in [7, 11) is 0. The van der Waals surface area contributed by atoms with Gasteiger partial charge in [0.15, 0.2) is 0 Å². The number of thioether (sulfide) groups is 1. The molecule has 0 unspecified atom stereocenters. The number of carbonyl (C=O) groups is 1. The molecule has 1 saturated carbocycles. The van der Waals surface area contributed by atoms with Crippen molar-refractivity contribution >= 4 is 23.5 Å². The summed E-state index contributed by atoms with van der Waals surface area (Å²) < 4.78 is 42.0. The van der Waals surface area contributed by atoms with Gasteiger partial charge in [-0.3, -0.25) is 4.79 Å². The second-order valence-electron chi connectivity index (χ2n) is 7.41. The molecule has 7 nitrogen and oxygen atoms in total. The number of aromatic nitrogens is 3. The number of piperazine rings is 1. The van der Waals surface area contributed by atoms with Crippen molar-refractivity contribution in [2.24, 2.45) is 0 Å². The van der Waals surface area contributed by atoms with Crippen molar-refractivity contribution in [3.05, 3.63) is 24.2 Å². The number of anilines is 1. The zero-order valence-electron chi connectivity index (χ0n) is 16.3. The van der Waals surface area contributed by atoms with Crippen LogP contribution >= 0.6 is 11.8 Å². The summed E-state index contributed by atoms with van der Waals surface area (Å²) in [6.45, 7) is 2.58. The minimum absolute atomic E-state index is 0.156. The first kappa shape index (κ1) is 21.0. The van der Waals surface area contributed by atoms with Gasteiger partial charge in [0.05, 0.1) is 5.75 Å². The molecule has 0 aromatic carbocycles. The molecule has 0 radical (unpaired) electrons. The van der Waals surface area contributed by atoms with E-state index in [1.807, 2.05) is 4.90 Å². The van der Waals surface area contributed by atoms with Crippen molar-refractivity contribution in [3.8, 4) is 11.4 Å². The Balaban J connectivity index is 1.29. The highest BCUT2D eigenvalue weighted by Crippen LogP contribution is 2.30. The van der Waals surface area contributed by atoms with Crippen LogP contribution in [0.4, 0.5) is 19.0 Å². The summed E-state index contributed by atoms with van der Waals surface area (Å²) in [5.74, 6) is -0.106. The van der Waals surface area contributed by atoms with Crippen molar-refractivity contribution in [2.45, 2.75) is 37.1 Å².